The first kappa shape index (κ1) is 18.6. The van der Waals surface area contributed by atoms with Gasteiger partial charge in [-0.15, -0.1) is 0 Å². The Kier molecular flexibility index (Phi) is 5.13. The number of anilines is 1. The minimum Gasteiger partial charge on any atom is -0.353 e. The number of aromatic nitrogens is 3. The summed E-state index contributed by atoms with van der Waals surface area (Å²) in [7, 11) is 0. The van der Waals surface area contributed by atoms with Crippen LogP contribution in [0.1, 0.15) is 12.0 Å². The van der Waals surface area contributed by atoms with E-state index in [0.29, 0.717) is 24.3 Å². The number of H-pyrrole nitrogens is 1. The Morgan fingerprint density at radius 3 is 2.89 bits per heavy atom. The number of carbonyl (C=O) groups excluding carboxylic acids is 1. The molecule has 0 bridgehead atoms. The number of nitrogens with one attached hydrogen (secondary N) is 2. The van der Waals surface area contributed by atoms with Crippen LogP contribution in [-0.4, -0.2) is 40.5 Å². The maximum atomic E-state index is 13.9. The summed E-state index contributed by atoms with van der Waals surface area (Å²) in [4.78, 5) is 35.0. The molecule has 3 heterocycles. The van der Waals surface area contributed by atoms with Crippen LogP contribution in [0.15, 0.2) is 35.4 Å². The summed E-state index contributed by atoms with van der Waals surface area (Å²) in [5.41, 5.74) is 0.573. The van der Waals surface area contributed by atoms with Crippen molar-refractivity contribution >= 4 is 29.4 Å². The molecule has 2 aliphatic rings. The average Bonchev–Trinajstić information content (AvgIpc) is 3.12. The smallest absolute Gasteiger partial charge is 0.247 e. The van der Waals surface area contributed by atoms with E-state index in [0.717, 1.165) is 31.3 Å². The lowest BCUT2D eigenvalue weighted by Gasteiger charge is -2.21. The van der Waals surface area contributed by atoms with Gasteiger partial charge in [-0.05, 0) is 53.5 Å². The van der Waals surface area contributed by atoms with Crippen molar-refractivity contribution in [2.45, 2.75) is 6.42 Å². The Bertz CT molecular complexity index is 947. The lowest BCUT2D eigenvalue weighted by molar-refractivity contribution is -0.116. The maximum Gasteiger partial charge on any atom is 0.247 e. The number of carbonyl (C=O) groups is 1. The third-order valence-electron chi connectivity index (χ3n) is 5.38. The van der Waals surface area contributed by atoms with Crippen LogP contribution in [0.4, 0.5) is 10.2 Å². The van der Waals surface area contributed by atoms with Crippen LogP contribution in [-0.2, 0) is 4.79 Å². The molecule has 0 radical (unpaired) electrons. The van der Waals surface area contributed by atoms with Crippen LogP contribution in [0, 0.1) is 23.6 Å². The van der Waals surface area contributed by atoms with Gasteiger partial charge in [-0.3, -0.25) is 9.59 Å². The number of amides is 1. The quantitative estimate of drug-likeness (QED) is 0.567. The first-order valence-electron chi connectivity index (χ1n) is 9.09. The van der Waals surface area contributed by atoms with Crippen LogP contribution >= 0.6 is 11.6 Å². The van der Waals surface area contributed by atoms with E-state index >= 15 is 0 Å². The van der Waals surface area contributed by atoms with Gasteiger partial charge in [-0.25, -0.2) is 9.37 Å². The monoisotopic (exact) mass is 403 g/mol. The van der Waals surface area contributed by atoms with Crippen molar-refractivity contribution in [3.05, 3.63) is 57.6 Å². The van der Waals surface area contributed by atoms with Crippen molar-refractivity contribution in [2.24, 2.45) is 17.8 Å². The second-order valence-corrected chi connectivity index (χ2v) is 7.44. The average molecular weight is 404 g/mol. The van der Waals surface area contributed by atoms with Gasteiger partial charge in [0.25, 0.3) is 0 Å². The fourth-order valence-corrected chi connectivity index (χ4v) is 4.06. The van der Waals surface area contributed by atoms with Gasteiger partial charge in [0.1, 0.15) is 0 Å². The van der Waals surface area contributed by atoms with Gasteiger partial charge in [0, 0.05) is 38.0 Å². The third-order valence-corrected chi connectivity index (χ3v) is 5.56. The molecule has 1 aliphatic carbocycles. The van der Waals surface area contributed by atoms with Crippen molar-refractivity contribution in [1.29, 1.82) is 0 Å². The molecule has 3 atom stereocenters. The number of fused-ring (bicyclic) bond motifs is 1. The minimum absolute atomic E-state index is 0.0474. The number of rotatable bonds is 6. The molecule has 28 heavy (non-hydrogen) atoms. The van der Waals surface area contributed by atoms with E-state index in [4.69, 9.17) is 11.6 Å². The molecule has 7 nitrogen and oxygen atoms in total. The van der Waals surface area contributed by atoms with Gasteiger partial charge in [-0.1, -0.05) is 0 Å². The zero-order chi connectivity index (χ0) is 19.7. The topological polar surface area (TPSA) is 91.0 Å². The van der Waals surface area contributed by atoms with Gasteiger partial charge in [0.05, 0.1) is 6.20 Å². The normalized spacial score (nSPS) is 23.1. The number of nitrogens with zero attached hydrogens (tertiary/aromatic N) is 3. The Morgan fingerprint density at radius 2 is 2.18 bits per heavy atom. The summed E-state index contributed by atoms with van der Waals surface area (Å²) in [6.45, 7) is 2.10. The number of pyridine rings is 1. The number of aromatic amines is 1. The van der Waals surface area contributed by atoms with Crippen molar-refractivity contribution in [1.82, 2.24) is 20.3 Å². The fourth-order valence-electron chi connectivity index (χ4n) is 3.93. The first-order valence-corrected chi connectivity index (χ1v) is 9.46. The third kappa shape index (κ3) is 4.06. The van der Waals surface area contributed by atoms with E-state index in [9.17, 15) is 14.0 Å². The number of piperidine rings is 1. The van der Waals surface area contributed by atoms with Crippen molar-refractivity contribution in [3.8, 4) is 0 Å². The summed E-state index contributed by atoms with van der Waals surface area (Å²) in [5, 5.41) is 2.92. The largest absolute Gasteiger partial charge is 0.353 e. The second-order valence-electron chi connectivity index (χ2n) is 7.11. The SMILES string of the molecule is O=C(/C=C/c1ccc(=O)[nH]c1)NCCC1[C@H]2CN(c3nc(Cl)ncc3F)C[C@@H]12. The summed E-state index contributed by atoms with van der Waals surface area (Å²) in [6, 6.07) is 3.06. The molecule has 2 N–H and O–H groups in total. The Hall–Kier alpha value is -2.74. The predicted molar refractivity (Wildman–Crippen MR) is 103 cm³/mol. The molecular formula is C19H19ClFN5O2. The highest BCUT2D eigenvalue weighted by atomic mass is 35.5. The zero-order valence-electron chi connectivity index (χ0n) is 14.9. The van der Waals surface area contributed by atoms with Gasteiger partial charge in [0.15, 0.2) is 11.6 Å². The first-order chi connectivity index (χ1) is 13.5. The molecule has 0 spiro atoms. The molecule has 9 heteroatoms. The Balaban J connectivity index is 1.20. The maximum absolute atomic E-state index is 13.9. The van der Waals surface area contributed by atoms with Crippen LogP contribution in [0.3, 0.4) is 0 Å². The lowest BCUT2D eigenvalue weighted by atomic mass is 10.2. The molecule has 146 valence electrons. The van der Waals surface area contributed by atoms with E-state index < -0.39 is 5.82 Å². The summed E-state index contributed by atoms with van der Waals surface area (Å²) >= 11 is 5.76. The zero-order valence-corrected chi connectivity index (χ0v) is 15.7. The van der Waals surface area contributed by atoms with E-state index in [2.05, 4.69) is 20.3 Å². The van der Waals surface area contributed by atoms with Gasteiger partial charge < -0.3 is 15.2 Å². The second kappa shape index (κ2) is 7.71. The molecule has 2 aromatic heterocycles. The van der Waals surface area contributed by atoms with Crippen molar-refractivity contribution in [2.75, 3.05) is 24.5 Å². The molecular weight excluding hydrogens is 385 g/mol. The van der Waals surface area contributed by atoms with Crippen LogP contribution in [0.5, 0.6) is 0 Å². The molecule has 2 aromatic rings. The molecule has 1 saturated carbocycles. The van der Waals surface area contributed by atoms with Crippen molar-refractivity contribution < 1.29 is 9.18 Å². The minimum atomic E-state index is -0.455. The Labute approximate surface area is 165 Å². The molecule has 1 unspecified atom stereocenters. The Morgan fingerprint density at radius 1 is 1.39 bits per heavy atom. The highest BCUT2D eigenvalue weighted by molar-refractivity contribution is 6.28. The highest BCUT2D eigenvalue weighted by Gasteiger charge is 2.55. The lowest BCUT2D eigenvalue weighted by Crippen LogP contribution is -2.28. The van der Waals surface area contributed by atoms with E-state index in [1.807, 2.05) is 4.90 Å². The van der Waals surface area contributed by atoms with Gasteiger partial charge in [0.2, 0.25) is 16.8 Å². The van der Waals surface area contributed by atoms with Crippen LogP contribution in [0.25, 0.3) is 6.08 Å². The number of hydrogen-bond acceptors (Lipinski definition) is 5. The fraction of sp³-hybridized carbons (Fsp3) is 0.368. The molecule has 1 aliphatic heterocycles. The highest BCUT2D eigenvalue weighted by Crippen LogP contribution is 2.54. The summed E-state index contributed by atoms with van der Waals surface area (Å²) in [6.07, 6.45) is 6.65. The molecule has 4 rings (SSSR count). The van der Waals surface area contributed by atoms with Gasteiger partial charge in [-0.2, -0.15) is 4.98 Å². The summed E-state index contributed by atoms with van der Waals surface area (Å²) in [5.74, 6) is 1.19. The van der Waals surface area contributed by atoms with Crippen molar-refractivity contribution in [3.63, 3.8) is 0 Å². The number of hydrogen-bond donors (Lipinski definition) is 2. The van der Waals surface area contributed by atoms with Crippen LogP contribution < -0.4 is 15.8 Å². The standard InChI is InChI=1S/C19H19ClFN5O2/c20-19-24-8-15(21)18(25-19)26-9-13-12(14(13)10-26)5-6-22-16(27)3-1-11-2-4-17(28)23-7-11/h1-4,7-8,12-14H,5-6,9-10H2,(H,22,27)(H,23,28)/b3-1+/t12?,13-,14+. The molecule has 1 saturated heterocycles. The van der Waals surface area contributed by atoms with Gasteiger partial charge >= 0.3 is 0 Å². The number of halogens is 2. The van der Waals surface area contributed by atoms with Crippen LogP contribution in [0.2, 0.25) is 5.28 Å². The molecule has 1 amide bonds. The van der Waals surface area contributed by atoms with E-state index in [-0.39, 0.29) is 22.6 Å². The molecule has 2 fully saturated rings. The summed E-state index contributed by atoms with van der Waals surface area (Å²) < 4.78 is 13.9. The van der Waals surface area contributed by atoms with E-state index in [1.54, 1.807) is 18.3 Å². The molecule has 0 aromatic carbocycles. The van der Waals surface area contributed by atoms with E-state index in [1.165, 1.54) is 12.1 Å². The predicted octanol–water partition coefficient (Wildman–Crippen LogP) is 1.86.